The monoisotopic (exact) mass is 299 g/mol. The van der Waals surface area contributed by atoms with Gasteiger partial charge in [0.2, 0.25) is 5.78 Å². The van der Waals surface area contributed by atoms with Crippen LogP contribution in [0.1, 0.15) is 18.9 Å². The quantitative estimate of drug-likeness (QED) is 0.658. The van der Waals surface area contributed by atoms with Crippen molar-refractivity contribution in [2.75, 3.05) is 18.9 Å². The van der Waals surface area contributed by atoms with Gasteiger partial charge in [-0.15, -0.1) is 0 Å². The first kappa shape index (κ1) is 15.7. The van der Waals surface area contributed by atoms with Gasteiger partial charge in [0.05, 0.1) is 11.5 Å². The van der Waals surface area contributed by atoms with Gasteiger partial charge in [-0.3, -0.25) is 9.59 Å². The molecule has 1 saturated heterocycles. The maximum atomic E-state index is 12.0. The number of ketones is 1. The van der Waals surface area contributed by atoms with E-state index in [0.29, 0.717) is 0 Å². The number of aldehydes is 1. The predicted molar refractivity (Wildman–Crippen MR) is 80.1 cm³/mol. The number of nitrogens with one attached hydrogen (secondary N) is 1. The van der Waals surface area contributed by atoms with E-state index in [1.807, 2.05) is 18.2 Å². The van der Waals surface area contributed by atoms with E-state index in [0.717, 1.165) is 17.5 Å². The Balaban J connectivity index is 2.48. The average Bonchev–Trinajstić information content (AvgIpc) is 2.94. The topological polar surface area (TPSA) is 90.3 Å². The summed E-state index contributed by atoms with van der Waals surface area (Å²) in [7, 11) is 1.74. The fourth-order valence-corrected chi connectivity index (χ4v) is 2.94. The molecule has 1 N–H and O–H groups in total. The van der Waals surface area contributed by atoms with Crippen molar-refractivity contribution in [1.82, 2.24) is 4.90 Å². The molecule has 0 saturated carbocycles. The smallest absolute Gasteiger partial charge is 0.290 e. The molecule has 2 unspecified atom stereocenters. The van der Waals surface area contributed by atoms with Crippen molar-refractivity contribution in [2.45, 2.75) is 24.8 Å². The molecule has 1 fully saturated rings. The number of benzene rings is 1. The molecular weight excluding hydrogens is 282 g/mol. The molecule has 2 rings (SSSR count). The molecule has 114 valence electrons. The third-order valence-corrected chi connectivity index (χ3v) is 4.06. The van der Waals surface area contributed by atoms with Crippen LogP contribution in [0.25, 0.3) is 0 Å². The summed E-state index contributed by atoms with van der Waals surface area (Å²) < 4.78 is 0. The van der Waals surface area contributed by atoms with Crippen LogP contribution in [0.5, 0.6) is 0 Å². The minimum atomic E-state index is -0.981. The number of carbonyl (C=O) groups excluding carboxylic acids is 3. The third-order valence-electron chi connectivity index (χ3n) is 4.06. The van der Waals surface area contributed by atoms with Crippen LogP contribution in [0, 0.1) is 11.3 Å². The summed E-state index contributed by atoms with van der Waals surface area (Å²) >= 11 is 0. The van der Waals surface area contributed by atoms with Gasteiger partial charge in [-0.25, -0.2) is 0 Å². The number of rotatable bonds is 4. The van der Waals surface area contributed by atoms with Crippen molar-refractivity contribution in [3.05, 3.63) is 29.8 Å². The minimum Gasteiger partial charge on any atom is -0.388 e. The lowest BCUT2D eigenvalue weighted by Crippen LogP contribution is -2.40. The second-order valence-electron chi connectivity index (χ2n) is 5.41. The van der Waals surface area contributed by atoms with E-state index < -0.39 is 23.1 Å². The molecule has 2 atom stereocenters. The van der Waals surface area contributed by atoms with E-state index in [1.54, 1.807) is 19.2 Å². The van der Waals surface area contributed by atoms with Crippen molar-refractivity contribution < 1.29 is 14.4 Å². The summed E-state index contributed by atoms with van der Waals surface area (Å²) in [5.41, 5.74) is 0.514. The maximum Gasteiger partial charge on any atom is 0.290 e. The Morgan fingerprint density at radius 1 is 1.45 bits per heavy atom. The van der Waals surface area contributed by atoms with E-state index in [-0.39, 0.29) is 13.0 Å². The largest absolute Gasteiger partial charge is 0.388 e. The SMILES string of the molecule is CNc1ccccc1C1(C=O)CC(C#N)N(C(=O)C(C)=O)C1. The minimum absolute atomic E-state index is 0.0336. The lowest BCUT2D eigenvalue weighted by atomic mass is 9.79. The van der Waals surface area contributed by atoms with Gasteiger partial charge in [0.25, 0.3) is 5.91 Å². The zero-order chi connectivity index (χ0) is 16.3. The molecule has 1 aliphatic heterocycles. The van der Waals surface area contributed by atoms with Gasteiger partial charge >= 0.3 is 0 Å². The Kier molecular flexibility index (Phi) is 4.27. The molecule has 6 nitrogen and oxygen atoms in total. The number of anilines is 1. The van der Waals surface area contributed by atoms with Gasteiger partial charge in [-0.1, -0.05) is 18.2 Å². The summed E-state index contributed by atoms with van der Waals surface area (Å²) in [6, 6.07) is 8.51. The molecule has 0 aliphatic carbocycles. The fourth-order valence-electron chi connectivity index (χ4n) is 2.94. The van der Waals surface area contributed by atoms with Crippen LogP contribution < -0.4 is 5.32 Å². The van der Waals surface area contributed by atoms with E-state index in [4.69, 9.17) is 0 Å². The fraction of sp³-hybridized carbons (Fsp3) is 0.375. The molecule has 1 aliphatic rings. The lowest BCUT2D eigenvalue weighted by molar-refractivity contribution is -0.143. The van der Waals surface area contributed by atoms with Crippen LogP contribution in [-0.4, -0.2) is 42.5 Å². The number of nitriles is 1. The first-order chi connectivity index (χ1) is 10.5. The Labute approximate surface area is 128 Å². The highest BCUT2D eigenvalue weighted by Gasteiger charge is 2.48. The van der Waals surface area contributed by atoms with Crippen LogP contribution >= 0.6 is 0 Å². The summed E-state index contributed by atoms with van der Waals surface area (Å²) in [5, 5.41) is 12.3. The number of nitrogens with zero attached hydrogens (tertiary/aromatic N) is 2. The lowest BCUT2D eigenvalue weighted by Gasteiger charge is -2.25. The molecule has 1 aromatic rings. The Hall–Kier alpha value is -2.68. The van der Waals surface area contributed by atoms with Crippen LogP contribution in [0.3, 0.4) is 0 Å². The van der Waals surface area contributed by atoms with Gasteiger partial charge < -0.3 is 15.0 Å². The standard InChI is InChI=1S/C16H17N3O3/c1-11(21)15(22)19-9-16(10-20,7-12(19)8-17)13-5-3-4-6-14(13)18-2/h3-6,10,12,18H,7,9H2,1-2H3. The Morgan fingerprint density at radius 3 is 2.68 bits per heavy atom. The van der Waals surface area contributed by atoms with Gasteiger partial charge in [0.1, 0.15) is 12.3 Å². The Bertz CT molecular complexity index is 665. The van der Waals surface area contributed by atoms with Crippen LogP contribution in [-0.2, 0) is 19.8 Å². The summed E-state index contributed by atoms with van der Waals surface area (Å²) in [4.78, 5) is 36.4. The number of amides is 1. The van der Waals surface area contributed by atoms with E-state index >= 15 is 0 Å². The van der Waals surface area contributed by atoms with Crippen molar-refractivity contribution in [3.63, 3.8) is 0 Å². The zero-order valence-corrected chi connectivity index (χ0v) is 12.5. The first-order valence-electron chi connectivity index (χ1n) is 6.94. The van der Waals surface area contributed by atoms with E-state index in [9.17, 15) is 19.6 Å². The van der Waals surface area contributed by atoms with Crippen LogP contribution in [0.2, 0.25) is 0 Å². The number of hydrogen-bond acceptors (Lipinski definition) is 5. The number of Topliss-reactive ketones (excluding diaryl/α,β-unsaturated/α-hetero) is 1. The normalized spacial score (nSPS) is 23.7. The molecule has 0 spiro atoms. The maximum absolute atomic E-state index is 12.0. The molecule has 1 heterocycles. The van der Waals surface area contributed by atoms with E-state index in [1.165, 1.54) is 11.8 Å². The summed E-state index contributed by atoms with van der Waals surface area (Å²) in [6.45, 7) is 1.20. The summed E-state index contributed by atoms with van der Waals surface area (Å²) in [6.07, 6.45) is 0.964. The second kappa shape index (κ2) is 5.98. The van der Waals surface area contributed by atoms with Gasteiger partial charge in [-0.05, 0) is 18.1 Å². The van der Waals surface area contributed by atoms with Gasteiger partial charge in [-0.2, -0.15) is 5.26 Å². The molecule has 0 radical (unpaired) electrons. The molecule has 0 aromatic heterocycles. The molecule has 1 amide bonds. The number of para-hydroxylation sites is 1. The molecular formula is C16H17N3O3. The number of carbonyl (C=O) groups is 3. The molecule has 6 heteroatoms. The zero-order valence-electron chi connectivity index (χ0n) is 12.5. The van der Waals surface area contributed by atoms with E-state index in [2.05, 4.69) is 5.32 Å². The second-order valence-corrected chi connectivity index (χ2v) is 5.41. The average molecular weight is 299 g/mol. The molecule has 0 bridgehead atoms. The highest BCUT2D eigenvalue weighted by atomic mass is 16.2. The highest BCUT2D eigenvalue weighted by molar-refractivity contribution is 6.35. The Morgan fingerprint density at radius 2 is 2.14 bits per heavy atom. The van der Waals surface area contributed by atoms with Crippen molar-refractivity contribution >= 4 is 23.7 Å². The highest BCUT2D eigenvalue weighted by Crippen LogP contribution is 2.39. The van der Waals surface area contributed by atoms with Crippen molar-refractivity contribution in [2.24, 2.45) is 0 Å². The number of hydrogen-bond donors (Lipinski definition) is 1. The van der Waals surface area contributed by atoms with Crippen LogP contribution in [0.4, 0.5) is 5.69 Å². The molecule has 1 aromatic carbocycles. The third kappa shape index (κ3) is 2.46. The van der Waals surface area contributed by atoms with Gasteiger partial charge in [0.15, 0.2) is 0 Å². The first-order valence-corrected chi connectivity index (χ1v) is 6.94. The summed E-state index contributed by atoms with van der Waals surface area (Å²) in [5.74, 6) is -1.36. The van der Waals surface area contributed by atoms with Crippen molar-refractivity contribution in [1.29, 1.82) is 5.26 Å². The molecule has 22 heavy (non-hydrogen) atoms. The number of likely N-dealkylation sites (tertiary alicyclic amines) is 1. The van der Waals surface area contributed by atoms with Gasteiger partial charge in [0, 0.05) is 26.2 Å². The predicted octanol–water partition coefficient (Wildman–Crippen LogP) is 0.878. The van der Waals surface area contributed by atoms with Crippen molar-refractivity contribution in [3.8, 4) is 6.07 Å². The van der Waals surface area contributed by atoms with Crippen LogP contribution in [0.15, 0.2) is 24.3 Å².